The Hall–Kier alpha value is -2.34. The van der Waals surface area contributed by atoms with Crippen molar-refractivity contribution in [3.05, 3.63) is 36.0 Å². The van der Waals surface area contributed by atoms with Gasteiger partial charge in [-0.2, -0.15) is 0 Å². The second kappa shape index (κ2) is 6.88. The minimum atomic E-state index is -0.476. The molecule has 0 bridgehead atoms. The van der Waals surface area contributed by atoms with Crippen molar-refractivity contribution in [2.24, 2.45) is 0 Å². The third kappa shape index (κ3) is 4.02. The molecule has 1 aliphatic rings. The number of carbonyl (C=O) groups is 1. The maximum atomic E-state index is 12.2. The van der Waals surface area contributed by atoms with E-state index in [2.05, 4.69) is 9.88 Å². The van der Waals surface area contributed by atoms with Crippen molar-refractivity contribution < 1.29 is 14.6 Å². The van der Waals surface area contributed by atoms with Crippen LogP contribution in [0.5, 0.6) is 0 Å². The van der Waals surface area contributed by atoms with Gasteiger partial charge < -0.3 is 19.6 Å². The van der Waals surface area contributed by atoms with Crippen LogP contribution in [0, 0.1) is 0 Å². The van der Waals surface area contributed by atoms with E-state index in [1.165, 1.54) is 0 Å². The second-order valence-corrected chi connectivity index (χ2v) is 7.29. The fourth-order valence-electron chi connectivity index (χ4n) is 3.01. The van der Waals surface area contributed by atoms with Crippen LogP contribution in [0.2, 0.25) is 0 Å². The van der Waals surface area contributed by atoms with Crippen molar-refractivity contribution in [2.75, 3.05) is 31.1 Å². The predicted octanol–water partition coefficient (Wildman–Crippen LogP) is 2.78. The summed E-state index contributed by atoms with van der Waals surface area (Å²) in [6.45, 7) is 8.37. The molecule has 3 rings (SSSR count). The van der Waals surface area contributed by atoms with Gasteiger partial charge in [0.15, 0.2) is 0 Å². The number of aliphatic hydroxyl groups is 1. The lowest BCUT2D eigenvalue weighted by Gasteiger charge is -2.37. The van der Waals surface area contributed by atoms with E-state index in [1.54, 1.807) is 11.1 Å². The molecule has 1 N–H and O–H groups in total. The zero-order chi connectivity index (χ0) is 18.0. The number of aromatic nitrogens is 1. The van der Waals surface area contributed by atoms with Gasteiger partial charge in [0.2, 0.25) is 0 Å². The number of nitrogens with zero attached hydrogens (tertiary/aromatic N) is 3. The number of amides is 1. The number of hydrogen-bond donors (Lipinski definition) is 1. The lowest BCUT2D eigenvalue weighted by Crippen LogP contribution is -2.50. The minimum absolute atomic E-state index is 0.0106. The van der Waals surface area contributed by atoms with Crippen molar-refractivity contribution in [3.63, 3.8) is 0 Å². The summed E-state index contributed by atoms with van der Waals surface area (Å²) in [4.78, 5) is 20.6. The normalized spacial score (nSPS) is 15.5. The lowest BCUT2D eigenvalue weighted by molar-refractivity contribution is 0.0240. The van der Waals surface area contributed by atoms with Gasteiger partial charge in [-0.3, -0.25) is 4.98 Å². The molecule has 1 aromatic heterocycles. The molecule has 25 heavy (non-hydrogen) atoms. The van der Waals surface area contributed by atoms with Gasteiger partial charge in [-0.05, 0) is 44.5 Å². The standard InChI is InChI=1S/C19H25N3O3/c1-19(2,3)25-18(24)22-10-8-21(9-11-22)17-6-7-20-16-5-4-14(13-23)12-15(16)17/h4-7,12,23H,8-11,13H2,1-3H3. The first-order valence-corrected chi connectivity index (χ1v) is 8.59. The monoisotopic (exact) mass is 343 g/mol. The van der Waals surface area contributed by atoms with E-state index in [4.69, 9.17) is 4.74 Å². The highest BCUT2D eigenvalue weighted by molar-refractivity contribution is 5.92. The van der Waals surface area contributed by atoms with Crippen LogP contribution < -0.4 is 4.90 Å². The van der Waals surface area contributed by atoms with Crippen molar-refractivity contribution in [1.29, 1.82) is 0 Å². The smallest absolute Gasteiger partial charge is 0.410 e. The van der Waals surface area contributed by atoms with Crippen LogP contribution in [0.4, 0.5) is 10.5 Å². The van der Waals surface area contributed by atoms with Crippen LogP contribution in [0.15, 0.2) is 30.5 Å². The van der Waals surface area contributed by atoms with Crippen LogP contribution in [0.1, 0.15) is 26.3 Å². The van der Waals surface area contributed by atoms with Gasteiger partial charge in [0.25, 0.3) is 0 Å². The molecule has 1 aliphatic heterocycles. The SMILES string of the molecule is CC(C)(C)OC(=O)N1CCN(c2ccnc3ccc(CO)cc23)CC1. The molecule has 2 heterocycles. The Bertz CT molecular complexity index is 762. The Morgan fingerprint density at radius 3 is 2.56 bits per heavy atom. The topological polar surface area (TPSA) is 65.9 Å². The van der Waals surface area contributed by atoms with E-state index >= 15 is 0 Å². The number of hydrogen-bond acceptors (Lipinski definition) is 5. The highest BCUT2D eigenvalue weighted by atomic mass is 16.6. The number of fused-ring (bicyclic) bond motifs is 1. The number of rotatable bonds is 2. The van der Waals surface area contributed by atoms with Gasteiger partial charge in [0, 0.05) is 43.4 Å². The number of piperazine rings is 1. The number of benzene rings is 1. The molecule has 1 saturated heterocycles. The van der Waals surface area contributed by atoms with Crippen LogP contribution in [0.3, 0.4) is 0 Å². The highest BCUT2D eigenvalue weighted by Gasteiger charge is 2.26. The number of ether oxygens (including phenoxy) is 1. The molecule has 0 spiro atoms. The minimum Gasteiger partial charge on any atom is -0.444 e. The maximum Gasteiger partial charge on any atom is 0.410 e. The molecule has 0 atom stereocenters. The molecule has 1 aromatic carbocycles. The number of aliphatic hydroxyl groups excluding tert-OH is 1. The molecule has 0 aliphatic carbocycles. The summed E-state index contributed by atoms with van der Waals surface area (Å²) in [6, 6.07) is 7.80. The molecular weight excluding hydrogens is 318 g/mol. The molecule has 0 saturated carbocycles. The fourth-order valence-corrected chi connectivity index (χ4v) is 3.01. The van der Waals surface area contributed by atoms with Gasteiger partial charge >= 0.3 is 6.09 Å². The number of anilines is 1. The predicted molar refractivity (Wildman–Crippen MR) is 97.7 cm³/mol. The Morgan fingerprint density at radius 2 is 1.92 bits per heavy atom. The van der Waals surface area contributed by atoms with Gasteiger partial charge in [0.1, 0.15) is 5.60 Å². The van der Waals surface area contributed by atoms with E-state index < -0.39 is 5.60 Å². The van der Waals surface area contributed by atoms with Gasteiger partial charge in [0.05, 0.1) is 12.1 Å². The first kappa shape index (κ1) is 17.5. The summed E-state index contributed by atoms with van der Waals surface area (Å²) >= 11 is 0. The molecule has 6 nitrogen and oxygen atoms in total. The Balaban J connectivity index is 1.75. The molecule has 0 unspecified atom stereocenters. The van der Waals surface area contributed by atoms with Crippen LogP contribution in [0.25, 0.3) is 10.9 Å². The molecule has 1 fully saturated rings. The first-order valence-electron chi connectivity index (χ1n) is 8.59. The lowest BCUT2D eigenvalue weighted by atomic mass is 10.1. The van der Waals surface area contributed by atoms with E-state index in [-0.39, 0.29) is 12.7 Å². The average Bonchev–Trinajstić information content (AvgIpc) is 2.59. The maximum absolute atomic E-state index is 12.2. The Kier molecular flexibility index (Phi) is 4.81. The van der Waals surface area contributed by atoms with Gasteiger partial charge in [-0.25, -0.2) is 4.79 Å². The van der Waals surface area contributed by atoms with Gasteiger partial charge in [-0.15, -0.1) is 0 Å². The molecule has 0 radical (unpaired) electrons. The first-order chi connectivity index (χ1) is 11.9. The molecule has 2 aromatic rings. The third-order valence-corrected chi connectivity index (χ3v) is 4.24. The third-order valence-electron chi connectivity index (χ3n) is 4.24. The Morgan fingerprint density at radius 1 is 1.20 bits per heavy atom. The summed E-state index contributed by atoms with van der Waals surface area (Å²) in [5.41, 5.74) is 2.39. The van der Waals surface area contributed by atoms with E-state index in [0.29, 0.717) is 13.1 Å². The van der Waals surface area contributed by atoms with Crippen LogP contribution >= 0.6 is 0 Å². The highest BCUT2D eigenvalue weighted by Crippen LogP contribution is 2.27. The van der Waals surface area contributed by atoms with Crippen molar-refractivity contribution in [1.82, 2.24) is 9.88 Å². The summed E-state index contributed by atoms with van der Waals surface area (Å²) < 4.78 is 5.45. The van der Waals surface area contributed by atoms with Crippen molar-refractivity contribution in [2.45, 2.75) is 33.0 Å². The average molecular weight is 343 g/mol. The van der Waals surface area contributed by atoms with Crippen LogP contribution in [-0.2, 0) is 11.3 Å². The van der Waals surface area contributed by atoms with E-state index in [1.807, 2.05) is 45.0 Å². The molecule has 1 amide bonds. The second-order valence-electron chi connectivity index (χ2n) is 7.29. The van der Waals surface area contributed by atoms with Crippen molar-refractivity contribution >= 4 is 22.7 Å². The Labute approximate surface area is 148 Å². The number of pyridine rings is 1. The van der Waals surface area contributed by atoms with Gasteiger partial charge in [-0.1, -0.05) is 6.07 Å². The van der Waals surface area contributed by atoms with Crippen LogP contribution in [-0.4, -0.2) is 52.9 Å². The van der Waals surface area contributed by atoms with E-state index in [9.17, 15) is 9.90 Å². The number of carbonyl (C=O) groups excluding carboxylic acids is 1. The summed E-state index contributed by atoms with van der Waals surface area (Å²) in [5.74, 6) is 0. The largest absolute Gasteiger partial charge is 0.444 e. The fraction of sp³-hybridized carbons (Fsp3) is 0.474. The molecule has 6 heteroatoms. The zero-order valence-corrected chi connectivity index (χ0v) is 15.0. The molecular formula is C19H25N3O3. The van der Waals surface area contributed by atoms with E-state index in [0.717, 1.165) is 35.2 Å². The quantitative estimate of drug-likeness (QED) is 0.908. The summed E-state index contributed by atoms with van der Waals surface area (Å²) in [7, 11) is 0. The summed E-state index contributed by atoms with van der Waals surface area (Å²) in [5, 5.41) is 10.4. The van der Waals surface area contributed by atoms with Crippen molar-refractivity contribution in [3.8, 4) is 0 Å². The molecule has 134 valence electrons. The summed E-state index contributed by atoms with van der Waals surface area (Å²) in [6.07, 6.45) is 1.55. The zero-order valence-electron chi connectivity index (χ0n) is 15.0.